The number of benzene rings is 1. The Labute approximate surface area is 111 Å². The van der Waals surface area contributed by atoms with Crippen LogP contribution in [0.5, 0.6) is 5.75 Å². The summed E-state index contributed by atoms with van der Waals surface area (Å²) in [6.07, 6.45) is 4.67. The molecular formula is C16H25NO. The van der Waals surface area contributed by atoms with Gasteiger partial charge in [0.25, 0.3) is 0 Å². The first kappa shape index (κ1) is 13.4. The van der Waals surface area contributed by atoms with Crippen LogP contribution in [0.15, 0.2) is 24.3 Å². The van der Waals surface area contributed by atoms with Gasteiger partial charge in [0.2, 0.25) is 0 Å². The topological polar surface area (TPSA) is 35.2 Å². The van der Waals surface area contributed by atoms with Gasteiger partial charge >= 0.3 is 0 Å². The maximum absolute atomic E-state index is 6.35. The van der Waals surface area contributed by atoms with Crippen molar-refractivity contribution in [3.8, 4) is 5.75 Å². The quantitative estimate of drug-likeness (QED) is 0.886. The molecule has 1 aromatic carbocycles. The molecule has 0 radical (unpaired) electrons. The molecule has 1 saturated carbocycles. The molecule has 2 N–H and O–H groups in total. The van der Waals surface area contributed by atoms with Gasteiger partial charge < -0.3 is 10.5 Å². The minimum Gasteiger partial charge on any atom is -0.489 e. The zero-order valence-electron chi connectivity index (χ0n) is 11.8. The molecule has 0 saturated heterocycles. The summed E-state index contributed by atoms with van der Waals surface area (Å²) in [5.41, 5.74) is 7.85. The van der Waals surface area contributed by atoms with Crippen LogP contribution in [0.4, 0.5) is 0 Å². The first-order valence-electron chi connectivity index (χ1n) is 7.04. The Morgan fingerprint density at radius 3 is 2.89 bits per heavy atom. The van der Waals surface area contributed by atoms with E-state index in [2.05, 4.69) is 39.0 Å². The van der Waals surface area contributed by atoms with Crippen LogP contribution in [0.3, 0.4) is 0 Å². The standard InChI is InChI=1S/C16H25NO/c1-4-12-7-5-8-13(11-12)18-14-9-6-10-16(2,3)15(14)17/h5,7-8,11,14-15H,4,6,9-10,17H2,1-3H3. The lowest BCUT2D eigenvalue weighted by molar-refractivity contribution is 0.0567. The highest BCUT2D eigenvalue weighted by molar-refractivity contribution is 5.28. The maximum Gasteiger partial charge on any atom is 0.120 e. The van der Waals surface area contributed by atoms with Crippen molar-refractivity contribution < 1.29 is 4.74 Å². The van der Waals surface area contributed by atoms with Gasteiger partial charge in [-0.05, 0) is 48.8 Å². The number of aryl methyl sites for hydroxylation is 1. The highest BCUT2D eigenvalue weighted by Crippen LogP contribution is 2.36. The van der Waals surface area contributed by atoms with E-state index in [1.807, 2.05) is 6.07 Å². The van der Waals surface area contributed by atoms with Crippen LogP contribution in [-0.4, -0.2) is 12.1 Å². The van der Waals surface area contributed by atoms with Crippen LogP contribution < -0.4 is 10.5 Å². The second-order valence-corrected chi connectivity index (χ2v) is 6.06. The van der Waals surface area contributed by atoms with Crippen LogP contribution in [0, 0.1) is 5.41 Å². The summed E-state index contributed by atoms with van der Waals surface area (Å²) in [4.78, 5) is 0. The van der Waals surface area contributed by atoms with Gasteiger partial charge in [-0.2, -0.15) is 0 Å². The first-order valence-corrected chi connectivity index (χ1v) is 7.04. The Morgan fingerprint density at radius 2 is 2.17 bits per heavy atom. The van der Waals surface area contributed by atoms with Gasteiger partial charge in [-0.15, -0.1) is 0 Å². The predicted octanol–water partition coefficient (Wildman–Crippen LogP) is 3.53. The van der Waals surface area contributed by atoms with Crippen LogP contribution in [0.2, 0.25) is 0 Å². The Bertz CT molecular complexity index is 400. The average molecular weight is 247 g/mol. The molecule has 1 aliphatic rings. The van der Waals surface area contributed by atoms with Crippen molar-refractivity contribution in [2.75, 3.05) is 0 Å². The lowest BCUT2D eigenvalue weighted by atomic mass is 9.72. The lowest BCUT2D eigenvalue weighted by Crippen LogP contribution is -2.51. The summed E-state index contributed by atoms with van der Waals surface area (Å²) in [5.74, 6) is 0.965. The van der Waals surface area contributed by atoms with Crippen LogP contribution in [0.1, 0.15) is 45.6 Å². The molecule has 2 unspecified atom stereocenters. The largest absolute Gasteiger partial charge is 0.489 e. The normalized spacial score (nSPS) is 26.9. The molecule has 18 heavy (non-hydrogen) atoms. The molecule has 1 fully saturated rings. The smallest absolute Gasteiger partial charge is 0.120 e. The Hall–Kier alpha value is -1.02. The number of hydrogen-bond donors (Lipinski definition) is 1. The van der Waals surface area contributed by atoms with Crippen molar-refractivity contribution in [3.05, 3.63) is 29.8 Å². The second kappa shape index (κ2) is 5.31. The van der Waals surface area contributed by atoms with Crippen LogP contribution in [0.25, 0.3) is 0 Å². The summed E-state index contributed by atoms with van der Waals surface area (Å²) in [6.45, 7) is 6.65. The number of ether oxygens (including phenoxy) is 1. The number of nitrogens with two attached hydrogens (primary N) is 1. The maximum atomic E-state index is 6.35. The molecule has 2 atom stereocenters. The van der Waals surface area contributed by atoms with Crippen molar-refractivity contribution in [1.82, 2.24) is 0 Å². The van der Waals surface area contributed by atoms with Crippen molar-refractivity contribution in [1.29, 1.82) is 0 Å². The van der Waals surface area contributed by atoms with Gasteiger partial charge in [0.1, 0.15) is 11.9 Å². The molecule has 2 heteroatoms. The summed E-state index contributed by atoms with van der Waals surface area (Å²) < 4.78 is 6.12. The molecule has 0 bridgehead atoms. The van der Waals surface area contributed by atoms with Crippen molar-refractivity contribution in [2.24, 2.45) is 11.1 Å². The van der Waals surface area contributed by atoms with E-state index in [1.165, 1.54) is 18.4 Å². The third-order valence-corrected chi connectivity index (χ3v) is 4.21. The monoisotopic (exact) mass is 247 g/mol. The molecule has 0 spiro atoms. The van der Waals surface area contributed by atoms with Crippen molar-refractivity contribution >= 4 is 0 Å². The number of rotatable bonds is 3. The third kappa shape index (κ3) is 2.86. The molecule has 1 aromatic rings. The Balaban J connectivity index is 2.08. The third-order valence-electron chi connectivity index (χ3n) is 4.21. The van der Waals surface area contributed by atoms with E-state index in [-0.39, 0.29) is 17.6 Å². The zero-order valence-corrected chi connectivity index (χ0v) is 11.8. The van der Waals surface area contributed by atoms with Gasteiger partial charge in [0.05, 0.1) is 0 Å². The fourth-order valence-electron chi connectivity index (χ4n) is 2.75. The SMILES string of the molecule is CCc1cccc(OC2CCCC(C)(C)C2N)c1. The van der Waals surface area contributed by atoms with Gasteiger partial charge in [-0.1, -0.05) is 32.9 Å². The van der Waals surface area contributed by atoms with Gasteiger partial charge in [-0.25, -0.2) is 0 Å². The van der Waals surface area contributed by atoms with E-state index < -0.39 is 0 Å². The minimum atomic E-state index is 0.122. The molecule has 2 rings (SSSR count). The predicted molar refractivity (Wildman–Crippen MR) is 75.8 cm³/mol. The van der Waals surface area contributed by atoms with Gasteiger partial charge in [0.15, 0.2) is 0 Å². The van der Waals surface area contributed by atoms with E-state index in [9.17, 15) is 0 Å². The molecule has 0 heterocycles. The fraction of sp³-hybridized carbons (Fsp3) is 0.625. The van der Waals surface area contributed by atoms with E-state index in [0.717, 1.165) is 18.6 Å². The van der Waals surface area contributed by atoms with Crippen LogP contribution in [-0.2, 0) is 6.42 Å². The Kier molecular flexibility index (Phi) is 3.96. The minimum absolute atomic E-state index is 0.122. The first-order chi connectivity index (χ1) is 8.53. The molecule has 0 aromatic heterocycles. The summed E-state index contributed by atoms with van der Waals surface area (Å²) in [6, 6.07) is 8.49. The molecule has 0 amide bonds. The summed E-state index contributed by atoms with van der Waals surface area (Å²) in [7, 11) is 0. The van der Waals surface area contributed by atoms with E-state index in [1.54, 1.807) is 0 Å². The van der Waals surface area contributed by atoms with E-state index >= 15 is 0 Å². The highest BCUT2D eigenvalue weighted by Gasteiger charge is 2.37. The number of hydrogen-bond acceptors (Lipinski definition) is 2. The second-order valence-electron chi connectivity index (χ2n) is 6.06. The zero-order chi connectivity index (χ0) is 13.2. The van der Waals surface area contributed by atoms with E-state index in [4.69, 9.17) is 10.5 Å². The molecular weight excluding hydrogens is 222 g/mol. The molecule has 1 aliphatic carbocycles. The highest BCUT2D eigenvalue weighted by atomic mass is 16.5. The van der Waals surface area contributed by atoms with E-state index in [0.29, 0.717) is 0 Å². The molecule has 2 nitrogen and oxygen atoms in total. The average Bonchev–Trinajstić information content (AvgIpc) is 2.35. The molecule has 100 valence electrons. The summed E-state index contributed by atoms with van der Waals surface area (Å²) >= 11 is 0. The van der Waals surface area contributed by atoms with Gasteiger partial charge in [0, 0.05) is 6.04 Å². The van der Waals surface area contributed by atoms with Crippen molar-refractivity contribution in [2.45, 2.75) is 58.6 Å². The Morgan fingerprint density at radius 1 is 1.39 bits per heavy atom. The lowest BCUT2D eigenvalue weighted by Gasteiger charge is -2.41. The summed E-state index contributed by atoms with van der Waals surface area (Å²) in [5, 5.41) is 0. The van der Waals surface area contributed by atoms with Gasteiger partial charge in [-0.3, -0.25) is 0 Å². The molecule has 0 aliphatic heterocycles. The van der Waals surface area contributed by atoms with Crippen LogP contribution >= 0.6 is 0 Å². The van der Waals surface area contributed by atoms with Crippen molar-refractivity contribution in [3.63, 3.8) is 0 Å². The fourth-order valence-corrected chi connectivity index (χ4v) is 2.75.